The molecule has 1 amide bonds. The number of nitrogens with zero attached hydrogens (tertiary/aromatic N) is 4. The molecule has 1 saturated heterocycles. The molecule has 1 fully saturated rings. The minimum Gasteiger partial charge on any atom is -0.497 e. The molecule has 3 heterocycles. The second kappa shape index (κ2) is 6.49. The third-order valence-electron chi connectivity index (χ3n) is 4.99. The molecule has 0 bridgehead atoms. The second-order valence-corrected chi connectivity index (χ2v) is 6.68. The molecule has 8 nitrogen and oxygen atoms in total. The Kier molecular flexibility index (Phi) is 3.82. The van der Waals surface area contributed by atoms with E-state index in [0.29, 0.717) is 30.4 Å². The lowest BCUT2D eigenvalue weighted by molar-refractivity contribution is -0.117. The Hall–Kier alpha value is -3.68. The van der Waals surface area contributed by atoms with Gasteiger partial charge < -0.3 is 14.2 Å². The average molecular weight is 375 g/mol. The topological polar surface area (TPSA) is 97.1 Å². The molecule has 0 aliphatic carbocycles. The van der Waals surface area contributed by atoms with Crippen LogP contribution in [0, 0.1) is 0 Å². The van der Waals surface area contributed by atoms with E-state index in [1.807, 2.05) is 48.5 Å². The van der Waals surface area contributed by atoms with Gasteiger partial charge in [-0.3, -0.25) is 9.89 Å². The van der Waals surface area contributed by atoms with Crippen molar-refractivity contribution in [1.29, 1.82) is 0 Å². The number of hydrogen-bond acceptors (Lipinski definition) is 6. The van der Waals surface area contributed by atoms with Gasteiger partial charge in [-0.1, -0.05) is 23.4 Å². The quantitative estimate of drug-likeness (QED) is 0.588. The van der Waals surface area contributed by atoms with Crippen LogP contribution in [-0.4, -0.2) is 39.9 Å². The Balaban J connectivity index is 1.39. The summed E-state index contributed by atoms with van der Waals surface area (Å²) in [7, 11) is 1.61. The predicted octanol–water partition coefficient (Wildman–Crippen LogP) is 3.14. The van der Waals surface area contributed by atoms with Crippen LogP contribution in [0.4, 0.5) is 5.69 Å². The first-order valence-corrected chi connectivity index (χ1v) is 8.94. The number of anilines is 1. The molecule has 5 rings (SSSR count). The number of fused-ring (bicyclic) bond motifs is 1. The van der Waals surface area contributed by atoms with Crippen LogP contribution in [0.5, 0.6) is 5.75 Å². The third kappa shape index (κ3) is 2.70. The maximum Gasteiger partial charge on any atom is 0.279 e. The first-order chi connectivity index (χ1) is 13.7. The number of aromatic amines is 1. The van der Waals surface area contributed by atoms with Crippen molar-refractivity contribution in [2.45, 2.75) is 12.3 Å². The number of carbonyl (C=O) groups is 1. The normalized spacial score (nSPS) is 16.8. The average Bonchev–Trinajstić information content (AvgIpc) is 3.45. The molecule has 0 spiro atoms. The first kappa shape index (κ1) is 16.5. The van der Waals surface area contributed by atoms with Crippen molar-refractivity contribution in [3.8, 4) is 17.3 Å². The van der Waals surface area contributed by atoms with Crippen LogP contribution in [0.3, 0.4) is 0 Å². The van der Waals surface area contributed by atoms with Crippen molar-refractivity contribution in [2.75, 3.05) is 18.6 Å². The zero-order chi connectivity index (χ0) is 19.1. The minimum absolute atomic E-state index is 0.0340. The summed E-state index contributed by atoms with van der Waals surface area (Å²) in [6.45, 7) is 0.505. The van der Waals surface area contributed by atoms with Gasteiger partial charge in [0, 0.05) is 30.0 Å². The summed E-state index contributed by atoms with van der Waals surface area (Å²) in [6.07, 6.45) is 0.340. The van der Waals surface area contributed by atoms with Crippen LogP contribution in [-0.2, 0) is 4.79 Å². The van der Waals surface area contributed by atoms with Crippen LogP contribution < -0.4 is 9.64 Å². The number of amides is 1. The van der Waals surface area contributed by atoms with Crippen LogP contribution in [0.15, 0.2) is 53.1 Å². The highest BCUT2D eigenvalue weighted by Crippen LogP contribution is 2.33. The molecule has 2 aromatic carbocycles. The van der Waals surface area contributed by atoms with Crippen molar-refractivity contribution >= 4 is 22.5 Å². The zero-order valence-corrected chi connectivity index (χ0v) is 15.1. The van der Waals surface area contributed by atoms with Crippen LogP contribution in [0.25, 0.3) is 22.5 Å². The van der Waals surface area contributed by atoms with Crippen molar-refractivity contribution in [3.63, 3.8) is 0 Å². The molecule has 0 radical (unpaired) electrons. The van der Waals surface area contributed by atoms with E-state index in [9.17, 15) is 4.79 Å². The molecule has 1 N–H and O–H groups in total. The molecule has 4 aromatic rings. The monoisotopic (exact) mass is 375 g/mol. The van der Waals surface area contributed by atoms with Crippen LogP contribution >= 0.6 is 0 Å². The molecule has 1 atom stereocenters. The summed E-state index contributed by atoms with van der Waals surface area (Å²) >= 11 is 0. The number of benzene rings is 2. The van der Waals surface area contributed by atoms with Gasteiger partial charge in [-0.05, 0) is 30.3 Å². The Morgan fingerprint density at radius 2 is 2.00 bits per heavy atom. The molecule has 8 heteroatoms. The number of rotatable bonds is 4. The Bertz CT molecular complexity index is 1150. The molecule has 28 heavy (non-hydrogen) atoms. The smallest absolute Gasteiger partial charge is 0.279 e. The van der Waals surface area contributed by atoms with E-state index in [0.717, 1.165) is 22.3 Å². The Labute approximate surface area is 160 Å². The number of hydrogen-bond donors (Lipinski definition) is 1. The predicted molar refractivity (Wildman–Crippen MR) is 102 cm³/mol. The van der Waals surface area contributed by atoms with Crippen molar-refractivity contribution in [3.05, 3.63) is 54.4 Å². The van der Waals surface area contributed by atoms with Crippen molar-refractivity contribution in [1.82, 2.24) is 20.3 Å². The fourth-order valence-corrected chi connectivity index (χ4v) is 3.52. The Morgan fingerprint density at radius 1 is 1.18 bits per heavy atom. The molecular formula is C20H17N5O3. The summed E-state index contributed by atoms with van der Waals surface area (Å²) in [4.78, 5) is 18.8. The number of ether oxygens (including phenoxy) is 1. The largest absolute Gasteiger partial charge is 0.497 e. The van der Waals surface area contributed by atoms with Crippen LogP contribution in [0.2, 0.25) is 0 Å². The third-order valence-corrected chi connectivity index (χ3v) is 4.99. The summed E-state index contributed by atoms with van der Waals surface area (Å²) in [5.41, 5.74) is 2.35. The van der Waals surface area contributed by atoms with E-state index < -0.39 is 0 Å². The van der Waals surface area contributed by atoms with Gasteiger partial charge >= 0.3 is 0 Å². The van der Waals surface area contributed by atoms with E-state index >= 15 is 0 Å². The molecule has 1 aliphatic heterocycles. The van der Waals surface area contributed by atoms with Gasteiger partial charge in [0.2, 0.25) is 5.91 Å². The van der Waals surface area contributed by atoms with E-state index in [2.05, 4.69) is 20.3 Å². The van der Waals surface area contributed by atoms with E-state index in [1.165, 1.54) is 0 Å². The van der Waals surface area contributed by atoms with E-state index in [-0.39, 0.29) is 11.8 Å². The van der Waals surface area contributed by atoms with Gasteiger partial charge in [-0.2, -0.15) is 10.1 Å². The number of para-hydroxylation sites is 1. The summed E-state index contributed by atoms with van der Waals surface area (Å²) in [5.74, 6) is 1.53. The highest BCUT2D eigenvalue weighted by molar-refractivity contribution is 5.96. The van der Waals surface area contributed by atoms with Gasteiger partial charge in [0.25, 0.3) is 5.89 Å². The minimum atomic E-state index is -0.127. The highest BCUT2D eigenvalue weighted by Gasteiger charge is 2.35. The number of aromatic nitrogens is 4. The van der Waals surface area contributed by atoms with Crippen molar-refractivity contribution < 1.29 is 14.1 Å². The van der Waals surface area contributed by atoms with Gasteiger partial charge in [-0.25, -0.2) is 0 Å². The lowest BCUT2D eigenvalue weighted by Crippen LogP contribution is -2.24. The molecular weight excluding hydrogens is 358 g/mol. The maximum absolute atomic E-state index is 12.5. The summed E-state index contributed by atoms with van der Waals surface area (Å²) in [6, 6.07) is 15.2. The lowest BCUT2D eigenvalue weighted by atomic mass is 10.1. The fraction of sp³-hybridized carbons (Fsp3) is 0.200. The summed E-state index contributed by atoms with van der Waals surface area (Å²) in [5, 5.41) is 12.3. The molecule has 1 unspecified atom stereocenters. The summed E-state index contributed by atoms with van der Waals surface area (Å²) < 4.78 is 10.6. The standard InChI is InChI=1S/C20H17N5O3/c1-27-14-8-6-13(7-9-14)25-11-12(10-17(25)26)19-21-20(28-24-19)18-15-4-2-3-5-16(15)22-23-18/h2-9,12H,10-11H2,1H3,(H,22,23). The molecule has 140 valence electrons. The molecule has 2 aromatic heterocycles. The number of methoxy groups -OCH3 is 1. The molecule has 0 saturated carbocycles. The van der Waals surface area contributed by atoms with Gasteiger partial charge in [-0.15, -0.1) is 0 Å². The van der Waals surface area contributed by atoms with Crippen LogP contribution in [0.1, 0.15) is 18.2 Å². The fourth-order valence-electron chi connectivity index (χ4n) is 3.52. The lowest BCUT2D eigenvalue weighted by Gasteiger charge is -2.16. The van der Waals surface area contributed by atoms with E-state index in [1.54, 1.807) is 12.0 Å². The first-order valence-electron chi connectivity index (χ1n) is 8.94. The zero-order valence-electron chi connectivity index (χ0n) is 15.1. The SMILES string of the molecule is COc1ccc(N2CC(c3noc(-c4n[nH]c5ccccc45)n3)CC2=O)cc1. The van der Waals surface area contributed by atoms with Crippen molar-refractivity contribution in [2.24, 2.45) is 0 Å². The number of H-pyrrole nitrogens is 1. The Morgan fingerprint density at radius 3 is 2.82 bits per heavy atom. The maximum atomic E-state index is 12.5. The number of nitrogens with one attached hydrogen (secondary N) is 1. The van der Waals surface area contributed by atoms with Gasteiger partial charge in [0.1, 0.15) is 5.75 Å². The second-order valence-electron chi connectivity index (χ2n) is 6.68. The van der Waals surface area contributed by atoms with Gasteiger partial charge in [0.05, 0.1) is 12.6 Å². The highest BCUT2D eigenvalue weighted by atomic mass is 16.5. The van der Waals surface area contributed by atoms with E-state index in [4.69, 9.17) is 9.26 Å². The number of carbonyl (C=O) groups excluding carboxylic acids is 1. The molecule has 1 aliphatic rings. The van der Waals surface area contributed by atoms with Gasteiger partial charge in [0.15, 0.2) is 11.5 Å².